The van der Waals surface area contributed by atoms with Crippen LogP contribution < -0.4 is 9.47 Å². The monoisotopic (exact) mass is 409 g/mol. The van der Waals surface area contributed by atoms with Gasteiger partial charge in [0.15, 0.2) is 23.3 Å². The van der Waals surface area contributed by atoms with Crippen molar-refractivity contribution in [2.24, 2.45) is 4.99 Å². The molecule has 1 amide bonds. The zero-order valence-corrected chi connectivity index (χ0v) is 15.9. The Morgan fingerprint density at radius 1 is 1.42 bits per heavy atom. The quantitative estimate of drug-likeness (QED) is 0.697. The second-order valence-electron chi connectivity index (χ2n) is 4.68. The maximum absolute atomic E-state index is 12.3. The number of carbonyl (C=O) groups is 1. The first-order valence-electron chi connectivity index (χ1n) is 7.12. The molecule has 0 radical (unpaired) electrons. The standard InChI is InChI=1S/C16H16BrN3O3S/c1-4-22-12-7-10(11(17)9-13(12)23-6-5-18)8-14-15(21)20(3)16(19-2)24-14/h7-9H,4,6H2,1-3H3/b14-8-,19-16?. The molecule has 0 unspecified atom stereocenters. The maximum Gasteiger partial charge on any atom is 0.266 e. The fraction of sp³-hybridized carbons (Fsp3) is 0.312. The largest absolute Gasteiger partial charge is 0.490 e. The molecule has 1 aromatic carbocycles. The molecule has 1 aliphatic rings. The minimum Gasteiger partial charge on any atom is -0.490 e. The van der Waals surface area contributed by atoms with E-state index in [-0.39, 0.29) is 12.5 Å². The number of rotatable bonds is 5. The van der Waals surface area contributed by atoms with Crippen LogP contribution in [0.25, 0.3) is 6.08 Å². The van der Waals surface area contributed by atoms with Crippen LogP contribution in [0.15, 0.2) is 26.5 Å². The lowest BCUT2D eigenvalue weighted by molar-refractivity contribution is -0.121. The molecule has 1 saturated heterocycles. The maximum atomic E-state index is 12.3. The lowest BCUT2D eigenvalue weighted by Crippen LogP contribution is -2.23. The number of carbonyl (C=O) groups excluding carboxylic acids is 1. The molecular weight excluding hydrogens is 394 g/mol. The van der Waals surface area contributed by atoms with Crippen LogP contribution in [0, 0.1) is 11.3 Å². The summed E-state index contributed by atoms with van der Waals surface area (Å²) in [6.07, 6.45) is 1.78. The summed E-state index contributed by atoms with van der Waals surface area (Å²) in [7, 11) is 3.34. The number of likely N-dealkylation sites (N-methyl/N-ethyl adjacent to an activating group) is 1. The number of amides is 1. The highest BCUT2D eigenvalue weighted by Gasteiger charge is 2.30. The van der Waals surface area contributed by atoms with E-state index in [0.29, 0.717) is 28.2 Å². The Bertz CT molecular complexity index is 756. The van der Waals surface area contributed by atoms with Gasteiger partial charge in [0, 0.05) is 18.6 Å². The van der Waals surface area contributed by atoms with Crippen molar-refractivity contribution in [1.82, 2.24) is 4.90 Å². The molecule has 6 nitrogen and oxygen atoms in total. The van der Waals surface area contributed by atoms with Gasteiger partial charge >= 0.3 is 0 Å². The van der Waals surface area contributed by atoms with Crippen LogP contribution in [0.4, 0.5) is 0 Å². The number of nitriles is 1. The van der Waals surface area contributed by atoms with Gasteiger partial charge in [0.05, 0.1) is 11.5 Å². The van der Waals surface area contributed by atoms with E-state index in [1.54, 1.807) is 32.3 Å². The van der Waals surface area contributed by atoms with E-state index in [9.17, 15) is 4.79 Å². The molecule has 0 N–H and O–H groups in total. The van der Waals surface area contributed by atoms with Crippen molar-refractivity contribution in [3.63, 3.8) is 0 Å². The Labute approximate surface area is 153 Å². The highest BCUT2D eigenvalue weighted by atomic mass is 79.9. The highest BCUT2D eigenvalue weighted by molar-refractivity contribution is 9.10. The van der Waals surface area contributed by atoms with Gasteiger partial charge in [0.1, 0.15) is 6.07 Å². The minimum absolute atomic E-state index is 0.0671. The third-order valence-electron chi connectivity index (χ3n) is 3.14. The van der Waals surface area contributed by atoms with Crippen molar-refractivity contribution in [1.29, 1.82) is 5.26 Å². The number of amidine groups is 1. The van der Waals surface area contributed by atoms with Crippen LogP contribution in [0.3, 0.4) is 0 Å². The van der Waals surface area contributed by atoms with Crippen LogP contribution in [0.2, 0.25) is 0 Å². The number of nitrogens with zero attached hydrogens (tertiary/aromatic N) is 3. The van der Waals surface area contributed by atoms with Crippen LogP contribution in [0.5, 0.6) is 11.5 Å². The van der Waals surface area contributed by atoms with Crippen LogP contribution in [-0.2, 0) is 4.79 Å². The highest BCUT2D eigenvalue weighted by Crippen LogP contribution is 2.37. The average molecular weight is 410 g/mol. The Morgan fingerprint density at radius 2 is 2.12 bits per heavy atom. The molecule has 8 heteroatoms. The Kier molecular flexibility index (Phi) is 6.29. The third kappa shape index (κ3) is 3.91. The number of hydrogen-bond acceptors (Lipinski definition) is 6. The van der Waals surface area contributed by atoms with Crippen molar-refractivity contribution < 1.29 is 14.3 Å². The van der Waals surface area contributed by atoms with E-state index in [1.807, 2.05) is 13.0 Å². The lowest BCUT2D eigenvalue weighted by Gasteiger charge is -2.12. The number of ether oxygens (including phenoxy) is 2. The predicted octanol–water partition coefficient (Wildman–Crippen LogP) is 3.28. The summed E-state index contributed by atoms with van der Waals surface area (Å²) in [6.45, 7) is 2.26. The molecule has 0 saturated carbocycles. The summed E-state index contributed by atoms with van der Waals surface area (Å²) in [6, 6.07) is 5.44. The zero-order chi connectivity index (χ0) is 17.7. The van der Waals surface area contributed by atoms with E-state index in [0.717, 1.165) is 10.0 Å². The third-order valence-corrected chi connectivity index (χ3v) is 4.97. The van der Waals surface area contributed by atoms with Gasteiger partial charge in [-0.25, -0.2) is 0 Å². The SMILES string of the molecule is CCOc1cc(/C=C2\SC(=NC)N(C)C2=O)c(Br)cc1OCC#N. The molecule has 1 heterocycles. The van der Waals surface area contributed by atoms with Crippen molar-refractivity contribution >= 4 is 44.8 Å². The van der Waals surface area contributed by atoms with Gasteiger partial charge in [-0.05, 0) is 42.5 Å². The minimum atomic E-state index is -0.102. The Hall–Kier alpha value is -1.98. The molecule has 0 aromatic heterocycles. The van der Waals surface area contributed by atoms with Gasteiger partial charge in [0.2, 0.25) is 0 Å². The molecule has 0 aliphatic carbocycles. The van der Waals surface area contributed by atoms with Crippen molar-refractivity contribution in [3.8, 4) is 17.6 Å². The smallest absolute Gasteiger partial charge is 0.266 e. The van der Waals surface area contributed by atoms with E-state index in [2.05, 4.69) is 20.9 Å². The fourth-order valence-electron chi connectivity index (χ4n) is 2.04. The summed E-state index contributed by atoms with van der Waals surface area (Å²) < 4.78 is 11.7. The van der Waals surface area contributed by atoms with E-state index in [1.165, 1.54) is 16.7 Å². The van der Waals surface area contributed by atoms with Crippen molar-refractivity contribution in [2.75, 3.05) is 27.3 Å². The molecule has 126 valence electrons. The zero-order valence-electron chi connectivity index (χ0n) is 13.5. The Balaban J connectivity index is 2.41. The number of aliphatic imine (C=N–C) groups is 1. The second-order valence-corrected chi connectivity index (χ2v) is 6.54. The van der Waals surface area contributed by atoms with Crippen molar-refractivity contribution in [2.45, 2.75) is 6.92 Å². The number of thioether (sulfide) groups is 1. The van der Waals surface area contributed by atoms with E-state index < -0.39 is 0 Å². The molecule has 1 aromatic rings. The lowest BCUT2D eigenvalue weighted by atomic mass is 10.2. The number of halogens is 1. The van der Waals surface area contributed by atoms with Gasteiger partial charge in [-0.2, -0.15) is 5.26 Å². The summed E-state index contributed by atoms with van der Waals surface area (Å²) in [5.41, 5.74) is 0.782. The molecule has 0 bridgehead atoms. The van der Waals surface area contributed by atoms with E-state index in [4.69, 9.17) is 14.7 Å². The summed E-state index contributed by atoms with van der Waals surface area (Å²) in [4.78, 5) is 18.4. The molecule has 1 fully saturated rings. The van der Waals surface area contributed by atoms with Gasteiger partial charge in [-0.3, -0.25) is 14.7 Å². The van der Waals surface area contributed by atoms with Crippen LogP contribution >= 0.6 is 27.7 Å². The first kappa shape index (κ1) is 18.4. The first-order valence-corrected chi connectivity index (χ1v) is 8.73. The normalized spacial score (nSPS) is 17.5. The van der Waals surface area contributed by atoms with Crippen LogP contribution in [-0.4, -0.2) is 43.3 Å². The summed E-state index contributed by atoms with van der Waals surface area (Å²) in [5.74, 6) is 0.900. The average Bonchev–Trinajstić information content (AvgIpc) is 2.84. The van der Waals surface area contributed by atoms with Gasteiger partial charge in [-0.1, -0.05) is 15.9 Å². The first-order chi connectivity index (χ1) is 11.5. The van der Waals surface area contributed by atoms with Crippen LogP contribution in [0.1, 0.15) is 12.5 Å². The fourth-order valence-corrected chi connectivity index (χ4v) is 3.40. The molecule has 1 aliphatic heterocycles. The topological polar surface area (TPSA) is 74.9 Å². The molecule has 2 rings (SSSR count). The molecule has 24 heavy (non-hydrogen) atoms. The predicted molar refractivity (Wildman–Crippen MR) is 98.1 cm³/mol. The number of hydrogen-bond donors (Lipinski definition) is 0. The Morgan fingerprint density at radius 3 is 2.71 bits per heavy atom. The summed E-state index contributed by atoms with van der Waals surface area (Å²) >= 11 is 4.79. The summed E-state index contributed by atoms with van der Waals surface area (Å²) in [5, 5.41) is 9.33. The van der Waals surface area contributed by atoms with Gasteiger partial charge in [0.25, 0.3) is 5.91 Å². The van der Waals surface area contributed by atoms with Gasteiger partial charge < -0.3 is 9.47 Å². The van der Waals surface area contributed by atoms with Gasteiger partial charge in [-0.15, -0.1) is 0 Å². The molecule has 0 atom stereocenters. The second kappa shape index (κ2) is 8.22. The molecule has 0 spiro atoms. The molecular formula is C16H16BrN3O3S. The van der Waals surface area contributed by atoms with E-state index >= 15 is 0 Å². The number of benzene rings is 1. The van der Waals surface area contributed by atoms with Crippen molar-refractivity contribution in [3.05, 3.63) is 27.1 Å².